The van der Waals surface area contributed by atoms with Crippen molar-refractivity contribution in [1.82, 2.24) is 10.2 Å². The third kappa shape index (κ3) is 3.06. The smallest absolute Gasteiger partial charge is 0.0233 e. The van der Waals surface area contributed by atoms with E-state index in [0.29, 0.717) is 6.04 Å². The largest absolute Gasteiger partial charge is 0.314 e. The van der Waals surface area contributed by atoms with E-state index in [0.717, 1.165) is 19.1 Å². The molecule has 1 fully saturated rings. The highest BCUT2D eigenvalue weighted by molar-refractivity contribution is 5.14. The number of hydrogen-bond donors (Lipinski definition) is 1. The second-order valence-electron chi connectivity index (χ2n) is 4.93. The lowest BCUT2D eigenvalue weighted by Gasteiger charge is -2.34. The summed E-state index contributed by atoms with van der Waals surface area (Å²) >= 11 is 0. The molecule has 1 aromatic carbocycles. The minimum absolute atomic E-state index is 0.664. The first-order chi connectivity index (χ1) is 7.75. The van der Waals surface area contributed by atoms with Crippen molar-refractivity contribution in [3.05, 3.63) is 35.9 Å². The van der Waals surface area contributed by atoms with Gasteiger partial charge in [-0.25, -0.2) is 0 Å². The Labute approximate surface area is 98.7 Å². The third-order valence-corrected chi connectivity index (χ3v) is 3.49. The van der Waals surface area contributed by atoms with Crippen LogP contribution in [0.1, 0.15) is 25.3 Å². The van der Waals surface area contributed by atoms with E-state index in [1.54, 1.807) is 0 Å². The number of benzene rings is 1. The molecule has 2 rings (SSSR count). The molecule has 1 aromatic rings. The standard InChI is InChI=1S/C14H22N2/c1-12-10-14(8-9-15-12)16(2)11-13-6-4-3-5-7-13/h3-7,12,14-15H,8-11H2,1-2H3. The van der Waals surface area contributed by atoms with Crippen molar-refractivity contribution in [2.75, 3.05) is 13.6 Å². The quantitative estimate of drug-likeness (QED) is 0.837. The zero-order valence-corrected chi connectivity index (χ0v) is 10.3. The molecule has 16 heavy (non-hydrogen) atoms. The fraction of sp³-hybridized carbons (Fsp3) is 0.571. The van der Waals surface area contributed by atoms with Gasteiger partial charge in [-0.3, -0.25) is 4.90 Å². The Bertz CT molecular complexity index is 310. The van der Waals surface area contributed by atoms with Crippen LogP contribution in [0, 0.1) is 0 Å². The Morgan fingerprint density at radius 3 is 2.75 bits per heavy atom. The van der Waals surface area contributed by atoms with Gasteiger partial charge in [0.1, 0.15) is 0 Å². The van der Waals surface area contributed by atoms with Gasteiger partial charge in [0.15, 0.2) is 0 Å². The lowest BCUT2D eigenvalue weighted by molar-refractivity contribution is 0.172. The van der Waals surface area contributed by atoms with Crippen LogP contribution in [0.3, 0.4) is 0 Å². The number of nitrogens with one attached hydrogen (secondary N) is 1. The molecular weight excluding hydrogens is 196 g/mol. The number of piperidine rings is 1. The van der Waals surface area contributed by atoms with Crippen molar-refractivity contribution >= 4 is 0 Å². The van der Waals surface area contributed by atoms with E-state index in [1.807, 2.05) is 0 Å². The average molecular weight is 218 g/mol. The molecule has 2 unspecified atom stereocenters. The predicted molar refractivity (Wildman–Crippen MR) is 68.4 cm³/mol. The molecule has 0 amide bonds. The third-order valence-electron chi connectivity index (χ3n) is 3.49. The van der Waals surface area contributed by atoms with Gasteiger partial charge in [-0.1, -0.05) is 30.3 Å². The van der Waals surface area contributed by atoms with Gasteiger partial charge in [0.2, 0.25) is 0 Å². The van der Waals surface area contributed by atoms with Crippen LogP contribution in [-0.2, 0) is 6.54 Å². The number of hydrogen-bond acceptors (Lipinski definition) is 2. The Morgan fingerprint density at radius 1 is 1.31 bits per heavy atom. The van der Waals surface area contributed by atoms with Crippen LogP contribution in [0.2, 0.25) is 0 Å². The fourth-order valence-corrected chi connectivity index (χ4v) is 2.51. The highest BCUT2D eigenvalue weighted by atomic mass is 15.1. The van der Waals surface area contributed by atoms with E-state index in [9.17, 15) is 0 Å². The topological polar surface area (TPSA) is 15.3 Å². The highest BCUT2D eigenvalue weighted by Gasteiger charge is 2.21. The van der Waals surface area contributed by atoms with Crippen LogP contribution in [0.25, 0.3) is 0 Å². The van der Waals surface area contributed by atoms with Crippen LogP contribution in [0.5, 0.6) is 0 Å². The summed E-state index contributed by atoms with van der Waals surface area (Å²) in [6.45, 7) is 4.51. The monoisotopic (exact) mass is 218 g/mol. The molecular formula is C14H22N2. The van der Waals surface area contributed by atoms with Gasteiger partial charge in [0.05, 0.1) is 0 Å². The molecule has 0 spiro atoms. The Morgan fingerprint density at radius 2 is 2.06 bits per heavy atom. The minimum atomic E-state index is 0.664. The normalized spacial score (nSPS) is 25.9. The second-order valence-corrected chi connectivity index (χ2v) is 4.93. The van der Waals surface area contributed by atoms with Crippen molar-refractivity contribution in [3.63, 3.8) is 0 Å². The van der Waals surface area contributed by atoms with Gasteiger partial charge in [0, 0.05) is 18.6 Å². The summed E-state index contributed by atoms with van der Waals surface area (Å²) in [5.74, 6) is 0. The fourth-order valence-electron chi connectivity index (χ4n) is 2.51. The number of rotatable bonds is 3. The van der Waals surface area contributed by atoms with Crippen molar-refractivity contribution in [2.45, 2.75) is 38.4 Å². The zero-order valence-electron chi connectivity index (χ0n) is 10.3. The first kappa shape index (κ1) is 11.6. The maximum Gasteiger partial charge on any atom is 0.0233 e. The molecule has 1 aliphatic rings. The van der Waals surface area contributed by atoms with Gasteiger partial charge < -0.3 is 5.32 Å². The van der Waals surface area contributed by atoms with Crippen molar-refractivity contribution in [2.24, 2.45) is 0 Å². The minimum Gasteiger partial charge on any atom is -0.314 e. The van der Waals surface area contributed by atoms with Crippen molar-refractivity contribution in [3.8, 4) is 0 Å². The lowest BCUT2D eigenvalue weighted by Crippen LogP contribution is -2.45. The second kappa shape index (κ2) is 5.46. The van der Waals surface area contributed by atoms with Crippen molar-refractivity contribution < 1.29 is 0 Å². The summed E-state index contributed by atoms with van der Waals surface area (Å²) in [4.78, 5) is 2.49. The summed E-state index contributed by atoms with van der Waals surface area (Å²) in [7, 11) is 2.25. The van der Waals surface area contributed by atoms with Gasteiger partial charge in [-0.05, 0) is 38.9 Å². The first-order valence-electron chi connectivity index (χ1n) is 6.23. The van der Waals surface area contributed by atoms with Gasteiger partial charge >= 0.3 is 0 Å². The maximum absolute atomic E-state index is 3.50. The summed E-state index contributed by atoms with van der Waals surface area (Å²) in [5.41, 5.74) is 1.41. The summed E-state index contributed by atoms with van der Waals surface area (Å²) < 4.78 is 0. The van der Waals surface area contributed by atoms with E-state index >= 15 is 0 Å². The molecule has 2 nitrogen and oxygen atoms in total. The molecule has 2 atom stereocenters. The van der Waals surface area contributed by atoms with E-state index in [2.05, 4.69) is 54.5 Å². The van der Waals surface area contributed by atoms with Crippen LogP contribution in [-0.4, -0.2) is 30.6 Å². The first-order valence-corrected chi connectivity index (χ1v) is 6.23. The maximum atomic E-state index is 3.50. The van der Waals surface area contributed by atoms with Crippen LogP contribution >= 0.6 is 0 Å². The molecule has 0 aliphatic carbocycles. The molecule has 88 valence electrons. The molecule has 1 saturated heterocycles. The van der Waals surface area contributed by atoms with E-state index in [1.165, 1.54) is 18.4 Å². The molecule has 1 heterocycles. The predicted octanol–water partition coefficient (Wildman–Crippen LogP) is 2.26. The molecule has 1 N–H and O–H groups in total. The van der Waals surface area contributed by atoms with Crippen LogP contribution < -0.4 is 5.32 Å². The van der Waals surface area contributed by atoms with Gasteiger partial charge in [-0.2, -0.15) is 0 Å². The molecule has 0 saturated carbocycles. The zero-order chi connectivity index (χ0) is 11.4. The Hall–Kier alpha value is -0.860. The molecule has 0 aromatic heterocycles. The summed E-state index contributed by atoms with van der Waals surface area (Å²) in [6.07, 6.45) is 2.54. The molecule has 0 radical (unpaired) electrons. The van der Waals surface area contributed by atoms with Crippen LogP contribution in [0.15, 0.2) is 30.3 Å². The van der Waals surface area contributed by atoms with Crippen LogP contribution in [0.4, 0.5) is 0 Å². The Balaban J connectivity index is 1.90. The highest BCUT2D eigenvalue weighted by Crippen LogP contribution is 2.16. The number of nitrogens with zero attached hydrogens (tertiary/aromatic N) is 1. The lowest BCUT2D eigenvalue weighted by atomic mass is 9.99. The van der Waals surface area contributed by atoms with E-state index in [4.69, 9.17) is 0 Å². The average Bonchev–Trinajstić information content (AvgIpc) is 2.30. The molecule has 2 heteroatoms. The SMILES string of the molecule is CC1CC(N(C)Cc2ccccc2)CCN1. The summed E-state index contributed by atoms with van der Waals surface area (Å²) in [6, 6.07) is 12.1. The molecule has 1 aliphatic heterocycles. The van der Waals surface area contributed by atoms with Gasteiger partial charge in [0.25, 0.3) is 0 Å². The van der Waals surface area contributed by atoms with Gasteiger partial charge in [-0.15, -0.1) is 0 Å². The Kier molecular flexibility index (Phi) is 3.97. The molecule has 0 bridgehead atoms. The summed E-state index contributed by atoms with van der Waals surface area (Å²) in [5, 5.41) is 3.50. The van der Waals surface area contributed by atoms with Crippen molar-refractivity contribution in [1.29, 1.82) is 0 Å². The van der Waals surface area contributed by atoms with E-state index in [-0.39, 0.29) is 0 Å². The van der Waals surface area contributed by atoms with E-state index < -0.39 is 0 Å².